The van der Waals surface area contributed by atoms with Crippen LogP contribution in [0.2, 0.25) is 0 Å². The summed E-state index contributed by atoms with van der Waals surface area (Å²) in [5.41, 5.74) is 0.350. The fourth-order valence-electron chi connectivity index (χ4n) is 1.80. The number of hydrogen-bond acceptors (Lipinski definition) is 5. The van der Waals surface area contributed by atoms with Gasteiger partial charge in [0.2, 0.25) is 5.91 Å². The molecule has 0 bridgehead atoms. The highest BCUT2D eigenvalue weighted by Crippen LogP contribution is 2.29. The van der Waals surface area contributed by atoms with Gasteiger partial charge < -0.3 is 15.4 Å². The molecule has 1 aromatic carbocycles. The molecule has 1 saturated carbocycles. The van der Waals surface area contributed by atoms with Crippen LogP contribution in [0.5, 0.6) is 5.75 Å². The molecule has 1 fully saturated rings. The number of amides is 1. The zero-order valence-corrected chi connectivity index (χ0v) is 11.2. The lowest BCUT2D eigenvalue weighted by molar-refractivity contribution is -0.384. The molecule has 0 saturated heterocycles. The molecule has 2 N–H and O–H groups in total. The van der Waals surface area contributed by atoms with Gasteiger partial charge in [0, 0.05) is 6.07 Å². The second-order valence-corrected chi connectivity index (χ2v) is 4.76. The van der Waals surface area contributed by atoms with Gasteiger partial charge in [-0.15, -0.1) is 0 Å². The number of rotatable bonds is 7. The summed E-state index contributed by atoms with van der Waals surface area (Å²) in [7, 11) is 1.40. The van der Waals surface area contributed by atoms with Crippen molar-refractivity contribution in [3.8, 4) is 5.75 Å². The number of methoxy groups -OCH3 is 1. The Hall–Kier alpha value is -2.15. The summed E-state index contributed by atoms with van der Waals surface area (Å²) in [6.07, 6.45) is 2.45. The molecule has 2 rings (SSSR count). The molecule has 1 aliphatic rings. The van der Waals surface area contributed by atoms with Gasteiger partial charge >= 0.3 is 0 Å². The number of nitrogens with zero attached hydrogens (tertiary/aromatic N) is 1. The topological polar surface area (TPSA) is 93.5 Å². The molecular formula is C13H17N3O4. The smallest absolute Gasteiger partial charge is 0.273 e. The fraction of sp³-hybridized carbons (Fsp3) is 0.462. The first-order valence-corrected chi connectivity index (χ1v) is 6.43. The van der Waals surface area contributed by atoms with Crippen LogP contribution < -0.4 is 15.4 Å². The SMILES string of the molecule is COc1cc([N+](=O)[O-])ccc1NC(=O)CNCC1CC1. The van der Waals surface area contributed by atoms with Crippen LogP contribution in [0.25, 0.3) is 0 Å². The maximum absolute atomic E-state index is 11.7. The lowest BCUT2D eigenvalue weighted by Crippen LogP contribution is -2.29. The highest BCUT2D eigenvalue weighted by atomic mass is 16.6. The van der Waals surface area contributed by atoms with Crippen LogP contribution in [-0.4, -0.2) is 31.0 Å². The first-order valence-electron chi connectivity index (χ1n) is 6.43. The third kappa shape index (κ3) is 3.92. The van der Waals surface area contributed by atoms with Crippen molar-refractivity contribution in [3.05, 3.63) is 28.3 Å². The van der Waals surface area contributed by atoms with E-state index in [0.29, 0.717) is 11.6 Å². The maximum Gasteiger partial charge on any atom is 0.273 e. The van der Waals surface area contributed by atoms with Crippen LogP contribution in [0.4, 0.5) is 11.4 Å². The van der Waals surface area contributed by atoms with Gasteiger partial charge in [-0.25, -0.2) is 0 Å². The van der Waals surface area contributed by atoms with E-state index in [-0.39, 0.29) is 23.9 Å². The highest BCUT2D eigenvalue weighted by Gasteiger charge is 2.20. The predicted molar refractivity (Wildman–Crippen MR) is 73.9 cm³/mol. The van der Waals surface area contributed by atoms with E-state index < -0.39 is 4.92 Å². The van der Waals surface area contributed by atoms with Crippen molar-refractivity contribution in [2.24, 2.45) is 5.92 Å². The lowest BCUT2D eigenvalue weighted by Gasteiger charge is -2.10. The molecule has 20 heavy (non-hydrogen) atoms. The number of nitro groups is 1. The molecule has 0 unspecified atom stereocenters. The third-order valence-electron chi connectivity index (χ3n) is 3.09. The minimum Gasteiger partial charge on any atom is -0.494 e. The molecule has 1 aromatic rings. The van der Waals surface area contributed by atoms with Gasteiger partial charge in [-0.3, -0.25) is 14.9 Å². The van der Waals surface area contributed by atoms with Gasteiger partial charge in [0.05, 0.1) is 30.3 Å². The number of benzene rings is 1. The Morgan fingerprint density at radius 1 is 1.50 bits per heavy atom. The number of nitro benzene ring substituents is 1. The van der Waals surface area contributed by atoms with E-state index >= 15 is 0 Å². The summed E-state index contributed by atoms with van der Waals surface area (Å²) in [6.45, 7) is 1.07. The Balaban J connectivity index is 1.92. The average molecular weight is 279 g/mol. The molecule has 7 heteroatoms. The molecule has 1 aliphatic carbocycles. The van der Waals surface area contributed by atoms with Crippen LogP contribution in [0.3, 0.4) is 0 Å². The number of anilines is 1. The van der Waals surface area contributed by atoms with E-state index in [9.17, 15) is 14.9 Å². The molecule has 0 atom stereocenters. The zero-order chi connectivity index (χ0) is 14.5. The van der Waals surface area contributed by atoms with Crippen molar-refractivity contribution >= 4 is 17.3 Å². The summed E-state index contributed by atoms with van der Waals surface area (Å²) >= 11 is 0. The predicted octanol–water partition coefficient (Wildman–Crippen LogP) is 1.54. The zero-order valence-electron chi connectivity index (χ0n) is 11.2. The summed E-state index contributed by atoms with van der Waals surface area (Å²) in [6, 6.07) is 4.08. The largest absolute Gasteiger partial charge is 0.494 e. The first kappa shape index (κ1) is 14.3. The van der Waals surface area contributed by atoms with Crippen LogP contribution in [0.1, 0.15) is 12.8 Å². The van der Waals surface area contributed by atoms with Crippen molar-refractivity contribution < 1.29 is 14.5 Å². The van der Waals surface area contributed by atoms with Gasteiger partial charge in [-0.2, -0.15) is 0 Å². The molecule has 0 spiro atoms. The Morgan fingerprint density at radius 3 is 2.85 bits per heavy atom. The summed E-state index contributed by atoms with van der Waals surface area (Å²) < 4.78 is 5.05. The van der Waals surface area contributed by atoms with E-state index in [2.05, 4.69) is 10.6 Å². The average Bonchev–Trinajstić information content (AvgIpc) is 3.23. The standard InChI is InChI=1S/C13H17N3O4/c1-20-12-6-10(16(18)19)4-5-11(12)15-13(17)8-14-7-9-2-3-9/h4-6,9,14H,2-3,7-8H2,1H3,(H,15,17). The number of carbonyl (C=O) groups is 1. The number of ether oxygens (including phenoxy) is 1. The van der Waals surface area contributed by atoms with E-state index in [4.69, 9.17) is 4.74 Å². The quantitative estimate of drug-likeness (QED) is 0.583. The van der Waals surface area contributed by atoms with Gasteiger partial charge in [0.1, 0.15) is 5.75 Å². The van der Waals surface area contributed by atoms with Crippen LogP contribution in [0, 0.1) is 16.0 Å². The summed E-state index contributed by atoms with van der Waals surface area (Å²) in [4.78, 5) is 21.9. The normalized spacial score (nSPS) is 13.8. The number of hydrogen-bond donors (Lipinski definition) is 2. The van der Waals surface area contributed by atoms with Crippen LogP contribution >= 0.6 is 0 Å². The first-order chi connectivity index (χ1) is 9.60. The van der Waals surface area contributed by atoms with Crippen molar-refractivity contribution in [2.45, 2.75) is 12.8 Å². The van der Waals surface area contributed by atoms with Gasteiger partial charge in [-0.05, 0) is 31.4 Å². The Bertz CT molecular complexity index is 514. The second-order valence-electron chi connectivity index (χ2n) is 4.76. The Morgan fingerprint density at radius 2 is 2.25 bits per heavy atom. The third-order valence-corrected chi connectivity index (χ3v) is 3.09. The molecule has 108 valence electrons. The van der Waals surface area contributed by atoms with Crippen molar-refractivity contribution in [2.75, 3.05) is 25.5 Å². The van der Waals surface area contributed by atoms with Gasteiger partial charge in [-0.1, -0.05) is 0 Å². The molecule has 0 aromatic heterocycles. The Kier molecular flexibility index (Phi) is 4.52. The van der Waals surface area contributed by atoms with Crippen molar-refractivity contribution in [1.82, 2.24) is 5.32 Å². The fourth-order valence-corrected chi connectivity index (χ4v) is 1.80. The highest BCUT2D eigenvalue weighted by molar-refractivity contribution is 5.93. The summed E-state index contributed by atoms with van der Waals surface area (Å²) in [5.74, 6) is 0.782. The number of nitrogens with one attached hydrogen (secondary N) is 2. The number of non-ortho nitro benzene ring substituents is 1. The minimum atomic E-state index is -0.509. The monoisotopic (exact) mass is 279 g/mol. The van der Waals surface area contributed by atoms with Crippen LogP contribution in [0.15, 0.2) is 18.2 Å². The van der Waals surface area contributed by atoms with E-state index in [1.54, 1.807) is 0 Å². The molecular weight excluding hydrogens is 262 g/mol. The van der Waals surface area contributed by atoms with E-state index in [0.717, 1.165) is 6.54 Å². The molecule has 0 aliphatic heterocycles. The van der Waals surface area contributed by atoms with Crippen molar-refractivity contribution in [1.29, 1.82) is 0 Å². The lowest BCUT2D eigenvalue weighted by atomic mass is 10.2. The van der Waals surface area contributed by atoms with Crippen molar-refractivity contribution in [3.63, 3.8) is 0 Å². The van der Waals surface area contributed by atoms with Gasteiger partial charge in [0.25, 0.3) is 5.69 Å². The van der Waals surface area contributed by atoms with E-state index in [1.807, 2.05) is 0 Å². The molecule has 1 amide bonds. The van der Waals surface area contributed by atoms with E-state index in [1.165, 1.54) is 38.2 Å². The Labute approximate surface area is 116 Å². The maximum atomic E-state index is 11.7. The summed E-state index contributed by atoms with van der Waals surface area (Å²) in [5, 5.41) is 16.4. The molecule has 7 nitrogen and oxygen atoms in total. The number of carbonyl (C=O) groups excluding carboxylic acids is 1. The van der Waals surface area contributed by atoms with Gasteiger partial charge in [0.15, 0.2) is 0 Å². The molecule has 0 heterocycles. The van der Waals surface area contributed by atoms with Crippen LogP contribution in [-0.2, 0) is 4.79 Å². The minimum absolute atomic E-state index is 0.0771. The molecule has 0 radical (unpaired) electrons. The second kappa shape index (κ2) is 6.33.